The van der Waals surface area contributed by atoms with Crippen LogP contribution in [0.4, 0.5) is 22.4 Å². The van der Waals surface area contributed by atoms with Crippen LogP contribution < -0.4 is 10.6 Å². The highest BCUT2D eigenvalue weighted by Crippen LogP contribution is 2.32. The van der Waals surface area contributed by atoms with Crippen molar-refractivity contribution in [3.63, 3.8) is 0 Å². The lowest BCUT2D eigenvalue weighted by Gasteiger charge is -2.32. The zero-order valence-corrected chi connectivity index (χ0v) is 15.8. The van der Waals surface area contributed by atoms with Crippen LogP contribution in [0.2, 0.25) is 0 Å². The van der Waals surface area contributed by atoms with Gasteiger partial charge in [-0.15, -0.1) is 0 Å². The van der Waals surface area contributed by atoms with Crippen molar-refractivity contribution in [3.05, 3.63) is 35.1 Å². The van der Waals surface area contributed by atoms with Crippen LogP contribution in [-0.4, -0.2) is 49.7 Å². The minimum Gasteiger partial charge on any atom is -0.450 e. The fraction of sp³-hybridized carbons (Fsp3) is 0.556. The molecule has 1 aliphatic rings. The molecule has 156 valence electrons. The summed E-state index contributed by atoms with van der Waals surface area (Å²) in [7, 11) is 1.51. The van der Waals surface area contributed by atoms with E-state index in [1.807, 2.05) is 0 Å². The molecule has 10 heteroatoms. The highest BCUT2D eigenvalue weighted by molar-refractivity contribution is 5.80. The maximum Gasteiger partial charge on any atom is 0.416 e. The monoisotopic (exact) mass is 404 g/mol. The summed E-state index contributed by atoms with van der Waals surface area (Å²) >= 11 is 0. The van der Waals surface area contributed by atoms with Gasteiger partial charge in [0.25, 0.3) is 0 Å². The predicted octanol–water partition coefficient (Wildman–Crippen LogP) is 3.13. The number of carbonyl (C=O) groups excluding carboxylic acids is 1. The van der Waals surface area contributed by atoms with Crippen molar-refractivity contribution in [1.29, 1.82) is 0 Å². The van der Waals surface area contributed by atoms with Crippen LogP contribution in [0, 0.1) is 5.82 Å². The summed E-state index contributed by atoms with van der Waals surface area (Å²) in [6, 6.07) is 2.61. The van der Waals surface area contributed by atoms with E-state index >= 15 is 0 Å². The third kappa shape index (κ3) is 6.00. The summed E-state index contributed by atoms with van der Waals surface area (Å²) in [5.41, 5.74) is -1.09. The molecular weight excluding hydrogens is 380 g/mol. The molecule has 1 aliphatic heterocycles. The third-order valence-corrected chi connectivity index (χ3v) is 4.41. The number of likely N-dealkylation sites (tertiary alicyclic amines) is 1. The summed E-state index contributed by atoms with van der Waals surface area (Å²) in [6.45, 7) is 2.94. The second-order valence-corrected chi connectivity index (χ2v) is 6.33. The number of halogens is 4. The number of benzene rings is 1. The summed E-state index contributed by atoms with van der Waals surface area (Å²) in [4.78, 5) is 17.3. The fourth-order valence-corrected chi connectivity index (χ4v) is 2.95. The normalized spacial score (nSPS) is 16.1. The molecule has 0 bridgehead atoms. The van der Waals surface area contributed by atoms with Crippen LogP contribution in [0.3, 0.4) is 0 Å². The van der Waals surface area contributed by atoms with Crippen LogP contribution in [0.15, 0.2) is 23.2 Å². The van der Waals surface area contributed by atoms with E-state index in [0.29, 0.717) is 44.6 Å². The molecule has 1 fully saturated rings. The molecule has 0 spiro atoms. The smallest absolute Gasteiger partial charge is 0.416 e. The maximum atomic E-state index is 13.2. The number of amides is 1. The topological polar surface area (TPSA) is 66.0 Å². The Kier molecular flexibility index (Phi) is 7.47. The maximum absolute atomic E-state index is 13.2. The summed E-state index contributed by atoms with van der Waals surface area (Å²) in [5.74, 6) is -0.598. The number of aliphatic imine (C=N–C) groups is 1. The molecular formula is C18H24F4N4O2. The minimum atomic E-state index is -4.64. The molecule has 2 N–H and O–H groups in total. The van der Waals surface area contributed by atoms with Gasteiger partial charge in [-0.3, -0.25) is 4.99 Å². The van der Waals surface area contributed by atoms with Gasteiger partial charge in [-0.05, 0) is 37.5 Å². The Morgan fingerprint density at radius 2 is 2.00 bits per heavy atom. The second kappa shape index (κ2) is 9.61. The molecule has 1 aromatic rings. The highest BCUT2D eigenvalue weighted by Gasteiger charge is 2.33. The van der Waals surface area contributed by atoms with Gasteiger partial charge in [0, 0.05) is 32.7 Å². The number of ether oxygens (including phenoxy) is 1. The lowest BCUT2D eigenvalue weighted by molar-refractivity contribution is -0.138. The minimum absolute atomic E-state index is 0.0205. The molecule has 1 saturated heterocycles. The summed E-state index contributed by atoms with van der Waals surface area (Å²) in [5, 5.41) is 5.97. The van der Waals surface area contributed by atoms with E-state index in [-0.39, 0.29) is 24.2 Å². The summed E-state index contributed by atoms with van der Waals surface area (Å²) in [6.07, 6.45) is -3.68. The quantitative estimate of drug-likeness (QED) is 0.460. The molecule has 0 aromatic heterocycles. The van der Waals surface area contributed by atoms with Gasteiger partial charge in [-0.25, -0.2) is 9.18 Å². The standard InChI is InChI=1S/C18H24F4N4O2/c1-3-28-17(27)26-8-6-14(7-9-26)25-16(23-2)24-11-12-4-5-13(19)10-15(12)18(20,21)22/h4-5,10,14H,3,6-9,11H2,1-2H3,(H2,23,24,25). The first-order valence-electron chi connectivity index (χ1n) is 8.99. The number of alkyl halides is 3. The van der Waals surface area contributed by atoms with Gasteiger partial charge >= 0.3 is 12.3 Å². The number of piperidine rings is 1. The van der Waals surface area contributed by atoms with E-state index in [1.165, 1.54) is 7.05 Å². The van der Waals surface area contributed by atoms with Crippen molar-refractivity contribution < 1.29 is 27.1 Å². The molecule has 0 aliphatic carbocycles. The molecule has 28 heavy (non-hydrogen) atoms. The first kappa shape index (κ1) is 21.8. The van der Waals surface area contributed by atoms with Gasteiger partial charge in [0.05, 0.1) is 12.2 Å². The lowest BCUT2D eigenvalue weighted by atomic mass is 10.1. The van der Waals surface area contributed by atoms with Crippen LogP contribution in [0.1, 0.15) is 30.9 Å². The average Bonchev–Trinajstić information content (AvgIpc) is 2.65. The molecule has 0 radical (unpaired) electrons. The summed E-state index contributed by atoms with van der Waals surface area (Å²) < 4.78 is 57.4. The molecule has 0 saturated carbocycles. The van der Waals surface area contributed by atoms with E-state index < -0.39 is 17.6 Å². The predicted molar refractivity (Wildman–Crippen MR) is 96.4 cm³/mol. The lowest BCUT2D eigenvalue weighted by Crippen LogP contribution is -2.49. The number of hydrogen-bond acceptors (Lipinski definition) is 3. The Morgan fingerprint density at radius 1 is 1.32 bits per heavy atom. The van der Waals surface area contributed by atoms with E-state index in [9.17, 15) is 22.4 Å². The van der Waals surface area contributed by atoms with Crippen molar-refractivity contribution in [3.8, 4) is 0 Å². The van der Waals surface area contributed by atoms with E-state index in [0.717, 1.165) is 12.1 Å². The third-order valence-electron chi connectivity index (χ3n) is 4.41. The number of guanidine groups is 1. The Morgan fingerprint density at radius 3 is 2.57 bits per heavy atom. The first-order valence-corrected chi connectivity index (χ1v) is 8.99. The molecule has 6 nitrogen and oxygen atoms in total. The van der Waals surface area contributed by atoms with Gasteiger partial charge < -0.3 is 20.3 Å². The van der Waals surface area contributed by atoms with Crippen LogP contribution in [-0.2, 0) is 17.5 Å². The van der Waals surface area contributed by atoms with Gasteiger partial charge in [-0.1, -0.05) is 6.07 Å². The Balaban J connectivity index is 1.91. The van der Waals surface area contributed by atoms with E-state index in [2.05, 4.69) is 15.6 Å². The van der Waals surface area contributed by atoms with E-state index in [4.69, 9.17) is 4.74 Å². The zero-order chi connectivity index (χ0) is 20.7. The SMILES string of the molecule is CCOC(=O)N1CCC(NC(=NC)NCc2ccc(F)cc2C(F)(F)F)CC1. The van der Waals surface area contributed by atoms with Crippen molar-refractivity contribution >= 4 is 12.1 Å². The second-order valence-electron chi connectivity index (χ2n) is 6.33. The van der Waals surface area contributed by atoms with Crippen LogP contribution in [0.25, 0.3) is 0 Å². The van der Waals surface area contributed by atoms with Gasteiger partial charge in [0.2, 0.25) is 0 Å². The van der Waals surface area contributed by atoms with E-state index in [1.54, 1.807) is 11.8 Å². The van der Waals surface area contributed by atoms with Gasteiger partial charge in [0.15, 0.2) is 5.96 Å². The molecule has 1 amide bonds. The van der Waals surface area contributed by atoms with Crippen molar-refractivity contribution in [1.82, 2.24) is 15.5 Å². The van der Waals surface area contributed by atoms with Gasteiger partial charge in [0.1, 0.15) is 5.82 Å². The van der Waals surface area contributed by atoms with Crippen LogP contribution >= 0.6 is 0 Å². The zero-order valence-electron chi connectivity index (χ0n) is 15.8. The van der Waals surface area contributed by atoms with Gasteiger partial charge in [-0.2, -0.15) is 13.2 Å². The largest absolute Gasteiger partial charge is 0.450 e. The first-order chi connectivity index (χ1) is 13.2. The molecule has 1 heterocycles. The molecule has 0 unspecified atom stereocenters. The number of nitrogens with zero attached hydrogens (tertiary/aromatic N) is 2. The molecule has 1 aromatic carbocycles. The number of rotatable bonds is 4. The van der Waals surface area contributed by atoms with Crippen molar-refractivity contribution in [2.45, 2.75) is 38.5 Å². The molecule has 2 rings (SSSR count). The van der Waals surface area contributed by atoms with Crippen molar-refractivity contribution in [2.24, 2.45) is 4.99 Å². The average molecular weight is 404 g/mol. The van der Waals surface area contributed by atoms with Crippen molar-refractivity contribution in [2.75, 3.05) is 26.7 Å². The Hall–Kier alpha value is -2.52. The number of hydrogen-bond donors (Lipinski definition) is 2. The Bertz CT molecular complexity index is 701. The fourth-order valence-electron chi connectivity index (χ4n) is 2.95. The van der Waals surface area contributed by atoms with Crippen LogP contribution in [0.5, 0.6) is 0 Å². The highest BCUT2D eigenvalue weighted by atomic mass is 19.4. The number of carbonyl (C=O) groups is 1. The Labute approximate surface area is 160 Å². The number of nitrogens with one attached hydrogen (secondary N) is 2. The molecule has 0 atom stereocenters.